The van der Waals surface area contributed by atoms with Gasteiger partial charge in [0.2, 0.25) is 0 Å². The summed E-state index contributed by atoms with van der Waals surface area (Å²) in [5.41, 5.74) is 1.33. The van der Waals surface area contributed by atoms with Gasteiger partial charge in [0.25, 0.3) is 0 Å². The number of carbonyl (C=O) groups is 1. The maximum atomic E-state index is 10.8. The third-order valence-corrected chi connectivity index (χ3v) is 2.99. The third-order valence-electron chi connectivity index (χ3n) is 2.99. The van der Waals surface area contributed by atoms with Gasteiger partial charge in [-0.2, -0.15) is 0 Å². The predicted octanol–water partition coefficient (Wildman–Crippen LogP) is 1.94. The van der Waals surface area contributed by atoms with Crippen LogP contribution in [0.5, 0.6) is 0 Å². The SMILES string of the molecule is CC(C)(C)c1ncc2n1CC(C=O)CC2. The van der Waals surface area contributed by atoms with Crippen molar-refractivity contribution in [3.8, 4) is 0 Å². The molecule has 0 bridgehead atoms. The number of imidazole rings is 1. The molecule has 0 N–H and O–H groups in total. The highest BCUT2D eigenvalue weighted by Crippen LogP contribution is 2.27. The van der Waals surface area contributed by atoms with E-state index in [0.29, 0.717) is 0 Å². The molecule has 0 amide bonds. The van der Waals surface area contributed by atoms with Gasteiger partial charge in [0, 0.05) is 29.8 Å². The quantitative estimate of drug-likeness (QED) is 0.658. The largest absolute Gasteiger partial charge is 0.331 e. The topological polar surface area (TPSA) is 34.9 Å². The van der Waals surface area contributed by atoms with Crippen LogP contribution in [0.2, 0.25) is 0 Å². The molecule has 1 aromatic rings. The molecule has 3 heteroatoms. The monoisotopic (exact) mass is 206 g/mol. The molecular formula is C12H18N2O. The van der Waals surface area contributed by atoms with E-state index in [4.69, 9.17) is 0 Å². The number of hydrogen-bond donors (Lipinski definition) is 0. The van der Waals surface area contributed by atoms with Gasteiger partial charge in [0.05, 0.1) is 0 Å². The van der Waals surface area contributed by atoms with Crippen molar-refractivity contribution in [3.63, 3.8) is 0 Å². The first-order chi connectivity index (χ1) is 7.02. The van der Waals surface area contributed by atoms with Gasteiger partial charge in [-0.15, -0.1) is 0 Å². The summed E-state index contributed by atoms with van der Waals surface area (Å²) < 4.78 is 2.22. The van der Waals surface area contributed by atoms with Crippen LogP contribution in [-0.2, 0) is 23.2 Å². The molecule has 1 aliphatic rings. The number of aromatic nitrogens is 2. The minimum Gasteiger partial charge on any atom is -0.331 e. The van der Waals surface area contributed by atoms with Gasteiger partial charge in [-0.05, 0) is 12.8 Å². The molecule has 0 aromatic carbocycles. The zero-order chi connectivity index (χ0) is 11.1. The highest BCUT2D eigenvalue weighted by Gasteiger charge is 2.26. The Morgan fingerprint density at radius 3 is 2.87 bits per heavy atom. The highest BCUT2D eigenvalue weighted by molar-refractivity contribution is 5.53. The van der Waals surface area contributed by atoms with Crippen LogP contribution < -0.4 is 0 Å². The van der Waals surface area contributed by atoms with E-state index in [9.17, 15) is 4.79 Å². The maximum absolute atomic E-state index is 10.8. The molecule has 0 radical (unpaired) electrons. The van der Waals surface area contributed by atoms with E-state index >= 15 is 0 Å². The van der Waals surface area contributed by atoms with Crippen molar-refractivity contribution in [1.82, 2.24) is 9.55 Å². The molecule has 0 spiro atoms. The lowest BCUT2D eigenvalue weighted by Crippen LogP contribution is -2.27. The molecule has 1 unspecified atom stereocenters. The molecule has 82 valence electrons. The summed E-state index contributed by atoms with van der Waals surface area (Å²) in [5, 5.41) is 0. The molecule has 3 nitrogen and oxygen atoms in total. The summed E-state index contributed by atoms with van der Waals surface area (Å²) in [6.45, 7) is 7.29. The van der Waals surface area contributed by atoms with E-state index in [1.807, 2.05) is 6.20 Å². The highest BCUT2D eigenvalue weighted by atomic mass is 16.1. The summed E-state index contributed by atoms with van der Waals surface area (Å²) in [6.07, 6.45) is 4.99. The Hall–Kier alpha value is -1.12. The molecule has 0 saturated heterocycles. The normalized spacial score (nSPS) is 21.1. The summed E-state index contributed by atoms with van der Waals surface area (Å²) in [5.74, 6) is 1.27. The Morgan fingerprint density at radius 1 is 1.53 bits per heavy atom. The second kappa shape index (κ2) is 3.47. The van der Waals surface area contributed by atoms with E-state index in [1.165, 1.54) is 5.69 Å². The first-order valence-electron chi connectivity index (χ1n) is 5.52. The molecule has 15 heavy (non-hydrogen) atoms. The second-order valence-corrected chi connectivity index (χ2v) is 5.37. The summed E-state index contributed by atoms with van der Waals surface area (Å²) >= 11 is 0. The number of aryl methyl sites for hydroxylation is 1. The summed E-state index contributed by atoms with van der Waals surface area (Å²) in [7, 11) is 0. The summed E-state index contributed by atoms with van der Waals surface area (Å²) in [6, 6.07) is 0. The van der Waals surface area contributed by atoms with E-state index in [-0.39, 0.29) is 11.3 Å². The van der Waals surface area contributed by atoms with Crippen molar-refractivity contribution in [3.05, 3.63) is 17.7 Å². The average molecular weight is 206 g/mol. The average Bonchev–Trinajstić information content (AvgIpc) is 2.59. The van der Waals surface area contributed by atoms with E-state index in [1.54, 1.807) is 0 Å². The van der Waals surface area contributed by atoms with Crippen LogP contribution in [0.25, 0.3) is 0 Å². The van der Waals surface area contributed by atoms with Crippen molar-refractivity contribution in [2.75, 3.05) is 0 Å². The third kappa shape index (κ3) is 1.83. The van der Waals surface area contributed by atoms with Gasteiger partial charge < -0.3 is 9.36 Å². The Morgan fingerprint density at radius 2 is 2.27 bits per heavy atom. The summed E-state index contributed by atoms with van der Waals surface area (Å²) in [4.78, 5) is 15.3. The standard InChI is InChI=1S/C12H18N2O/c1-12(2,3)11-13-6-10-5-4-9(8-15)7-14(10)11/h6,8-9H,4-5,7H2,1-3H3. The Kier molecular flexibility index (Phi) is 2.41. The first-order valence-corrected chi connectivity index (χ1v) is 5.52. The van der Waals surface area contributed by atoms with E-state index in [0.717, 1.165) is 31.5 Å². The fourth-order valence-corrected chi connectivity index (χ4v) is 2.18. The molecule has 2 heterocycles. The van der Waals surface area contributed by atoms with Crippen LogP contribution in [0.15, 0.2) is 6.20 Å². The fraction of sp³-hybridized carbons (Fsp3) is 0.667. The molecule has 0 aliphatic carbocycles. The van der Waals surface area contributed by atoms with Gasteiger partial charge in [0.1, 0.15) is 12.1 Å². The maximum Gasteiger partial charge on any atom is 0.124 e. The molecule has 1 atom stereocenters. The number of nitrogens with zero attached hydrogens (tertiary/aromatic N) is 2. The fourth-order valence-electron chi connectivity index (χ4n) is 2.18. The molecule has 1 aliphatic heterocycles. The van der Waals surface area contributed by atoms with Crippen LogP contribution in [0.3, 0.4) is 0 Å². The number of carbonyl (C=O) groups excluding carboxylic acids is 1. The van der Waals surface area contributed by atoms with Gasteiger partial charge in [0.15, 0.2) is 0 Å². The molecule has 2 rings (SSSR count). The van der Waals surface area contributed by atoms with Gasteiger partial charge >= 0.3 is 0 Å². The van der Waals surface area contributed by atoms with Gasteiger partial charge in [-0.25, -0.2) is 4.98 Å². The van der Waals surface area contributed by atoms with Crippen molar-refractivity contribution >= 4 is 6.29 Å². The van der Waals surface area contributed by atoms with Gasteiger partial charge in [-0.1, -0.05) is 20.8 Å². The number of fused-ring (bicyclic) bond motifs is 1. The van der Waals surface area contributed by atoms with Crippen molar-refractivity contribution in [2.24, 2.45) is 5.92 Å². The molecular weight excluding hydrogens is 188 g/mol. The molecule has 0 saturated carbocycles. The van der Waals surface area contributed by atoms with Crippen LogP contribution >= 0.6 is 0 Å². The van der Waals surface area contributed by atoms with Crippen molar-refractivity contribution in [2.45, 2.75) is 45.6 Å². The zero-order valence-corrected chi connectivity index (χ0v) is 9.66. The second-order valence-electron chi connectivity index (χ2n) is 5.37. The van der Waals surface area contributed by atoms with Crippen molar-refractivity contribution < 1.29 is 4.79 Å². The van der Waals surface area contributed by atoms with E-state index < -0.39 is 0 Å². The van der Waals surface area contributed by atoms with Crippen LogP contribution in [0.4, 0.5) is 0 Å². The van der Waals surface area contributed by atoms with E-state index in [2.05, 4.69) is 30.3 Å². The predicted molar refractivity (Wildman–Crippen MR) is 58.8 cm³/mol. The lowest BCUT2D eigenvalue weighted by atomic mass is 9.94. The number of aldehydes is 1. The zero-order valence-electron chi connectivity index (χ0n) is 9.66. The Labute approximate surface area is 90.5 Å². The first kappa shape index (κ1) is 10.4. The molecule has 1 aromatic heterocycles. The van der Waals surface area contributed by atoms with Gasteiger partial charge in [-0.3, -0.25) is 0 Å². The van der Waals surface area contributed by atoms with Crippen molar-refractivity contribution in [1.29, 1.82) is 0 Å². The number of hydrogen-bond acceptors (Lipinski definition) is 2. The molecule has 0 fully saturated rings. The Bertz CT molecular complexity index is 373. The number of rotatable bonds is 1. The smallest absolute Gasteiger partial charge is 0.124 e. The minimum atomic E-state index is 0.0586. The van der Waals surface area contributed by atoms with Crippen LogP contribution in [0, 0.1) is 5.92 Å². The minimum absolute atomic E-state index is 0.0586. The lowest BCUT2D eigenvalue weighted by Gasteiger charge is -2.26. The Balaban J connectivity index is 2.37. The van der Waals surface area contributed by atoms with Crippen LogP contribution in [-0.4, -0.2) is 15.8 Å². The lowest BCUT2D eigenvalue weighted by molar-refractivity contribution is -0.111. The van der Waals surface area contributed by atoms with Crippen LogP contribution in [0.1, 0.15) is 38.7 Å².